The molecule has 1 amide bonds. The third-order valence-corrected chi connectivity index (χ3v) is 5.97. The predicted molar refractivity (Wildman–Crippen MR) is 126 cm³/mol. The Morgan fingerprint density at radius 1 is 1.19 bits per heavy atom. The lowest BCUT2D eigenvalue weighted by Crippen LogP contribution is -2.35. The fourth-order valence-corrected chi connectivity index (χ4v) is 3.91. The van der Waals surface area contributed by atoms with E-state index in [1.54, 1.807) is 7.05 Å². The maximum absolute atomic E-state index is 14.0. The first-order valence-electron chi connectivity index (χ1n) is 10.5. The number of aryl methyl sites for hydroxylation is 1. The van der Waals surface area contributed by atoms with Gasteiger partial charge in [-0.1, -0.05) is 11.6 Å². The number of imidazole rings is 1. The maximum atomic E-state index is 14.0. The molecule has 0 aliphatic carbocycles. The molecular formula is C24H19ClF4N4O3. The summed E-state index contributed by atoms with van der Waals surface area (Å²) in [7, 11) is 2.87. The van der Waals surface area contributed by atoms with E-state index in [4.69, 9.17) is 16.3 Å². The normalized spacial score (nSPS) is 12.5. The number of hydrogen-bond acceptors (Lipinski definition) is 4. The minimum atomic E-state index is -4.75. The molecule has 2 aromatic heterocycles. The number of fused-ring (bicyclic) bond motifs is 1. The largest absolute Gasteiger partial charge is 0.494 e. The van der Waals surface area contributed by atoms with Crippen LogP contribution in [-0.2, 0) is 7.05 Å². The van der Waals surface area contributed by atoms with E-state index in [1.807, 2.05) is 0 Å². The van der Waals surface area contributed by atoms with Gasteiger partial charge in [0.25, 0.3) is 5.91 Å². The van der Waals surface area contributed by atoms with Gasteiger partial charge in [-0.15, -0.1) is 0 Å². The number of nitrogens with zero attached hydrogens (tertiary/aromatic N) is 2. The van der Waals surface area contributed by atoms with Crippen molar-refractivity contribution in [1.29, 1.82) is 0 Å². The highest BCUT2D eigenvalue weighted by atomic mass is 35.5. The molecule has 188 valence electrons. The molecule has 1 unspecified atom stereocenters. The molecular weight excluding hydrogens is 504 g/mol. The third kappa shape index (κ3) is 4.92. The molecule has 0 aliphatic rings. The number of methoxy groups -OCH3 is 1. The number of amides is 1. The molecule has 2 aromatic carbocycles. The van der Waals surface area contributed by atoms with Crippen LogP contribution in [0.5, 0.6) is 5.75 Å². The Hall–Kier alpha value is -3.86. The molecule has 2 heterocycles. The molecule has 0 bridgehead atoms. The number of carbonyl (C=O) groups is 1. The van der Waals surface area contributed by atoms with E-state index in [1.165, 1.54) is 48.1 Å². The number of nitrogens with one attached hydrogen (secondary N) is 2. The van der Waals surface area contributed by atoms with Gasteiger partial charge in [0, 0.05) is 24.7 Å². The number of aromatic nitrogens is 3. The van der Waals surface area contributed by atoms with Crippen molar-refractivity contribution in [2.24, 2.45) is 7.05 Å². The van der Waals surface area contributed by atoms with E-state index in [0.717, 1.165) is 12.1 Å². The number of halogens is 5. The lowest BCUT2D eigenvalue weighted by Gasteiger charge is -2.21. The lowest BCUT2D eigenvalue weighted by molar-refractivity contribution is -0.149. The highest BCUT2D eigenvalue weighted by Crippen LogP contribution is 2.37. The van der Waals surface area contributed by atoms with E-state index < -0.39 is 30.4 Å². The second-order valence-corrected chi connectivity index (χ2v) is 8.35. The van der Waals surface area contributed by atoms with Gasteiger partial charge >= 0.3 is 11.9 Å². The van der Waals surface area contributed by atoms with Crippen molar-refractivity contribution in [3.8, 4) is 17.0 Å². The van der Waals surface area contributed by atoms with Crippen LogP contribution in [0.25, 0.3) is 22.3 Å². The van der Waals surface area contributed by atoms with Gasteiger partial charge in [-0.3, -0.25) is 9.36 Å². The summed E-state index contributed by atoms with van der Waals surface area (Å²) < 4.78 is 62.2. The van der Waals surface area contributed by atoms with Crippen LogP contribution in [0.2, 0.25) is 5.02 Å². The Balaban J connectivity index is 1.63. The molecule has 12 heteroatoms. The minimum absolute atomic E-state index is 0.0379. The van der Waals surface area contributed by atoms with E-state index in [-0.39, 0.29) is 39.0 Å². The fourth-order valence-electron chi connectivity index (χ4n) is 3.73. The van der Waals surface area contributed by atoms with Gasteiger partial charge < -0.3 is 15.0 Å². The van der Waals surface area contributed by atoms with Gasteiger partial charge in [-0.05, 0) is 48.5 Å². The molecule has 2 N–H and O–H groups in total. The quantitative estimate of drug-likeness (QED) is 0.356. The van der Waals surface area contributed by atoms with Gasteiger partial charge in [0.2, 0.25) is 0 Å². The average Bonchev–Trinajstić information content (AvgIpc) is 3.12. The van der Waals surface area contributed by atoms with Gasteiger partial charge in [-0.25, -0.2) is 14.2 Å². The van der Waals surface area contributed by atoms with E-state index in [0.29, 0.717) is 11.0 Å². The lowest BCUT2D eigenvalue weighted by atomic mass is 10.0. The Kier molecular flexibility index (Phi) is 6.77. The summed E-state index contributed by atoms with van der Waals surface area (Å²) in [6.07, 6.45) is -4.75. The summed E-state index contributed by atoms with van der Waals surface area (Å²) in [5.74, 6) is -3.43. The number of carbonyl (C=O) groups excluding carboxylic acids is 1. The second-order valence-electron chi connectivity index (χ2n) is 7.94. The van der Waals surface area contributed by atoms with Gasteiger partial charge in [0.1, 0.15) is 23.2 Å². The number of rotatable bonds is 6. The minimum Gasteiger partial charge on any atom is -0.494 e. The number of alkyl halides is 3. The number of pyridine rings is 1. The molecule has 4 aromatic rings. The van der Waals surface area contributed by atoms with Crippen molar-refractivity contribution in [3.05, 3.63) is 81.1 Å². The summed E-state index contributed by atoms with van der Waals surface area (Å²) in [6.45, 7) is -0.797. The van der Waals surface area contributed by atoms with E-state index >= 15 is 0 Å². The number of hydrogen-bond donors (Lipinski definition) is 2. The molecule has 0 fully saturated rings. The van der Waals surface area contributed by atoms with Gasteiger partial charge in [0.15, 0.2) is 0 Å². The summed E-state index contributed by atoms with van der Waals surface area (Å²) >= 11 is 5.83. The molecule has 0 spiro atoms. The number of ether oxygens (including phenoxy) is 1. The molecule has 4 rings (SSSR count). The van der Waals surface area contributed by atoms with Crippen molar-refractivity contribution in [2.45, 2.75) is 12.1 Å². The average molecular weight is 523 g/mol. The number of H-pyrrole nitrogens is 1. The first-order chi connectivity index (χ1) is 17.0. The van der Waals surface area contributed by atoms with Crippen LogP contribution in [0.15, 0.2) is 53.3 Å². The van der Waals surface area contributed by atoms with E-state index in [9.17, 15) is 27.2 Å². The zero-order chi connectivity index (χ0) is 26.2. The van der Waals surface area contributed by atoms with Crippen LogP contribution in [-0.4, -0.2) is 40.3 Å². The maximum Gasteiger partial charge on any atom is 0.398 e. The van der Waals surface area contributed by atoms with E-state index in [2.05, 4.69) is 15.3 Å². The molecule has 0 saturated heterocycles. The van der Waals surface area contributed by atoms with Crippen LogP contribution in [0.4, 0.5) is 17.6 Å². The second kappa shape index (κ2) is 9.65. The van der Waals surface area contributed by atoms with Crippen LogP contribution < -0.4 is 15.7 Å². The summed E-state index contributed by atoms with van der Waals surface area (Å²) in [4.78, 5) is 31.1. The molecule has 7 nitrogen and oxygen atoms in total. The topological polar surface area (TPSA) is 89.0 Å². The van der Waals surface area contributed by atoms with Crippen molar-refractivity contribution in [1.82, 2.24) is 19.9 Å². The Bertz CT molecular complexity index is 1510. The fraction of sp³-hybridized carbons (Fsp3) is 0.208. The highest BCUT2D eigenvalue weighted by Gasteiger charge is 2.42. The van der Waals surface area contributed by atoms with Gasteiger partial charge in [-0.2, -0.15) is 13.2 Å². The van der Waals surface area contributed by atoms with Crippen molar-refractivity contribution >= 4 is 28.5 Å². The molecule has 36 heavy (non-hydrogen) atoms. The zero-order valence-corrected chi connectivity index (χ0v) is 19.7. The monoisotopic (exact) mass is 522 g/mol. The first-order valence-corrected chi connectivity index (χ1v) is 10.9. The standard InChI is InChI=1S/C24H19ClF4N4O3/c1-33-19-7-4-13(10-18(19)32-23(33)35)22(34)30-11-14(24(27,28)29)17-6-8-20(36-2)21(31-17)12-3-5-16(26)15(25)9-12/h3-10,14H,11H2,1-2H3,(H,30,34)(H,32,35). The first kappa shape index (κ1) is 25.2. The SMILES string of the molecule is COc1ccc(C(CNC(=O)c2ccc3c(c2)[nH]c(=O)n3C)C(F)(F)F)nc1-c1ccc(F)c(Cl)c1. The van der Waals surface area contributed by atoms with Crippen LogP contribution in [0.1, 0.15) is 22.0 Å². The Morgan fingerprint density at radius 3 is 2.61 bits per heavy atom. The predicted octanol–water partition coefficient (Wildman–Crippen LogP) is 4.81. The van der Waals surface area contributed by atoms with Crippen LogP contribution >= 0.6 is 11.6 Å². The number of aromatic amines is 1. The van der Waals surface area contributed by atoms with Crippen molar-refractivity contribution < 1.29 is 27.1 Å². The highest BCUT2D eigenvalue weighted by molar-refractivity contribution is 6.31. The Labute approximate surface area is 206 Å². The van der Waals surface area contributed by atoms with Crippen molar-refractivity contribution in [3.63, 3.8) is 0 Å². The number of benzene rings is 2. The smallest absolute Gasteiger partial charge is 0.398 e. The molecule has 0 saturated carbocycles. The van der Waals surface area contributed by atoms with Crippen LogP contribution in [0.3, 0.4) is 0 Å². The third-order valence-electron chi connectivity index (χ3n) is 5.68. The summed E-state index contributed by atoms with van der Waals surface area (Å²) in [6, 6.07) is 10.4. The Morgan fingerprint density at radius 2 is 1.94 bits per heavy atom. The summed E-state index contributed by atoms with van der Waals surface area (Å²) in [5.41, 5.74) is 0.536. The summed E-state index contributed by atoms with van der Waals surface area (Å²) in [5, 5.41) is 2.07. The van der Waals surface area contributed by atoms with Crippen LogP contribution in [0, 0.1) is 5.82 Å². The molecule has 0 radical (unpaired) electrons. The molecule has 1 atom stereocenters. The van der Waals surface area contributed by atoms with Crippen molar-refractivity contribution in [2.75, 3.05) is 13.7 Å². The molecule has 0 aliphatic heterocycles. The zero-order valence-electron chi connectivity index (χ0n) is 18.9. The van der Waals surface area contributed by atoms with Gasteiger partial charge in [0.05, 0.1) is 28.9 Å².